The highest BCUT2D eigenvalue weighted by Crippen LogP contribution is 2.50. The zero-order valence-electron chi connectivity index (χ0n) is 17.9. The first-order valence-corrected chi connectivity index (χ1v) is 11.0. The van der Waals surface area contributed by atoms with E-state index >= 15 is 0 Å². The van der Waals surface area contributed by atoms with Gasteiger partial charge in [0.1, 0.15) is 29.8 Å². The first kappa shape index (κ1) is 21.9. The van der Waals surface area contributed by atoms with Gasteiger partial charge in [-0.3, -0.25) is 0 Å². The van der Waals surface area contributed by atoms with Crippen LogP contribution in [-0.4, -0.2) is 13.9 Å². The lowest BCUT2D eigenvalue weighted by Gasteiger charge is -2.27. The molecule has 0 amide bonds. The van der Waals surface area contributed by atoms with Gasteiger partial charge in [-0.2, -0.15) is 5.26 Å². The lowest BCUT2D eigenvalue weighted by Crippen LogP contribution is -2.21. The summed E-state index contributed by atoms with van der Waals surface area (Å²) in [6.45, 7) is 0.250. The fourth-order valence-corrected chi connectivity index (χ4v) is 4.59. The molecule has 172 valence electrons. The Bertz CT molecular complexity index is 1370. The molecular formula is C25H18BrFN2O5. The Balaban J connectivity index is 1.56. The van der Waals surface area contributed by atoms with Crippen LogP contribution in [-0.2, 0) is 6.61 Å². The van der Waals surface area contributed by atoms with Gasteiger partial charge in [-0.25, -0.2) is 4.39 Å². The summed E-state index contributed by atoms with van der Waals surface area (Å²) in [6, 6.07) is 15.5. The van der Waals surface area contributed by atoms with Crippen molar-refractivity contribution in [2.75, 3.05) is 13.9 Å². The van der Waals surface area contributed by atoms with Gasteiger partial charge in [0.25, 0.3) is 0 Å². The number of nitrogens with two attached hydrogens (primary N) is 1. The molecule has 1 atom stereocenters. The van der Waals surface area contributed by atoms with Crippen molar-refractivity contribution in [3.05, 3.63) is 87.0 Å². The Morgan fingerprint density at radius 1 is 1.15 bits per heavy atom. The average molecular weight is 525 g/mol. The molecule has 2 N–H and O–H groups in total. The number of hydrogen-bond donors (Lipinski definition) is 1. The molecule has 2 aliphatic rings. The standard InChI is InChI=1S/C25H18BrFN2O5/c1-30-22-7-14(6-18(26)24(22)31-11-13-3-2-4-15(27)5-13)23-16-8-20-21(33-12-32-20)9-19(16)34-25(29)17(23)10-28/h2-9,23H,11-12,29H2,1H3/t23-/m0/s1. The fraction of sp³-hybridized carbons (Fsp3) is 0.160. The Morgan fingerprint density at radius 3 is 2.68 bits per heavy atom. The maximum absolute atomic E-state index is 13.5. The van der Waals surface area contributed by atoms with E-state index in [1.807, 2.05) is 6.07 Å². The van der Waals surface area contributed by atoms with Crippen molar-refractivity contribution in [3.63, 3.8) is 0 Å². The Labute approximate surface area is 203 Å². The molecule has 0 aromatic heterocycles. The van der Waals surface area contributed by atoms with Gasteiger partial charge in [-0.15, -0.1) is 0 Å². The number of hydrogen-bond acceptors (Lipinski definition) is 7. The van der Waals surface area contributed by atoms with Crippen molar-refractivity contribution >= 4 is 15.9 Å². The van der Waals surface area contributed by atoms with Crippen LogP contribution in [0.25, 0.3) is 0 Å². The third-order valence-corrected chi connectivity index (χ3v) is 6.16. The molecule has 0 saturated carbocycles. The predicted octanol–water partition coefficient (Wildman–Crippen LogP) is 5.12. The SMILES string of the molecule is COc1cc([C@@H]2C(C#N)=C(N)Oc3cc4c(cc32)OCO4)cc(Br)c1OCc1cccc(F)c1. The van der Waals surface area contributed by atoms with Crippen LogP contribution in [0.2, 0.25) is 0 Å². The second kappa shape index (κ2) is 8.80. The summed E-state index contributed by atoms with van der Waals surface area (Å²) in [4.78, 5) is 0. The largest absolute Gasteiger partial charge is 0.493 e. The van der Waals surface area contributed by atoms with E-state index in [9.17, 15) is 9.65 Å². The molecule has 0 radical (unpaired) electrons. The van der Waals surface area contributed by atoms with Gasteiger partial charge >= 0.3 is 0 Å². The Hall–Kier alpha value is -3.90. The lowest BCUT2D eigenvalue weighted by atomic mass is 9.83. The first-order chi connectivity index (χ1) is 16.5. The summed E-state index contributed by atoms with van der Waals surface area (Å²) in [5, 5.41) is 9.87. The van der Waals surface area contributed by atoms with Crippen molar-refractivity contribution in [2.45, 2.75) is 12.5 Å². The van der Waals surface area contributed by atoms with Crippen molar-refractivity contribution in [2.24, 2.45) is 5.73 Å². The maximum atomic E-state index is 13.5. The van der Waals surface area contributed by atoms with Gasteiger partial charge in [-0.05, 0) is 57.4 Å². The number of halogens is 2. The molecule has 0 unspecified atom stereocenters. The van der Waals surface area contributed by atoms with Crippen LogP contribution in [0.4, 0.5) is 4.39 Å². The van der Waals surface area contributed by atoms with Crippen LogP contribution in [0.5, 0.6) is 28.7 Å². The molecule has 3 aromatic rings. The molecule has 0 spiro atoms. The van der Waals surface area contributed by atoms with Crippen molar-refractivity contribution < 1.29 is 28.1 Å². The molecule has 0 bridgehead atoms. The molecule has 0 fully saturated rings. The lowest BCUT2D eigenvalue weighted by molar-refractivity contribution is 0.174. The second-order valence-electron chi connectivity index (χ2n) is 7.62. The molecule has 2 heterocycles. The van der Waals surface area contributed by atoms with Gasteiger partial charge in [0.2, 0.25) is 12.7 Å². The number of ether oxygens (including phenoxy) is 5. The van der Waals surface area contributed by atoms with Gasteiger partial charge in [-0.1, -0.05) is 12.1 Å². The van der Waals surface area contributed by atoms with E-state index in [1.165, 1.54) is 19.2 Å². The highest BCUT2D eigenvalue weighted by Gasteiger charge is 2.34. The van der Waals surface area contributed by atoms with Gasteiger partial charge in [0, 0.05) is 11.6 Å². The minimum Gasteiger partial charge on any atom is -0.493 e. The van der Waals surface area contributed by atoms with Crippen LogP contribution in [0.1, 0.15) is 22.6 Å². The third kappa shape index (κ3) is 3.86. The zero-order chi connectivity index (χ0) is 23.8. The van der Waals surface area contributed by atoms with E-state index in [1.54, 1.807) is 30.3 Å². The van der Waals surface area contributed by atoms with E-state index in [4.69, 9.17) is 29.4 Å². The monoisotopic (exact) mass is 524 g/mol. The zero-order valence-corrected chi connectivity index (χ0v) is 19.5. The summed E-state index contributed by atoms with van der Waals surface area (Å²) >= 11 is 3.55. The fourth-order valence-electron chi connectivity index (χ4n) is 4.02. The number of benzene rings is 3. The molecule has 2 aliphatic heterocycles. The number of rotatable bonds is 5. The highest BCUT2D eigenvalue weighted by molar-refractivity contribution is 9.10. The number of nitriles is 1. The molecule has 9 heteroatoms. The average Bonchev–Trinajstić information content (AvgIpc) is 3.28. The molecule has 7 nitrogen and oxygen atoms in total. The Morgan fingerprint density at radius 2 is 1.94 bits per heavy atom. The normalized spacial score (nSPS) is 15.9. The number of methoxy groups -OCH3 is 1. The van der Waals surface area contributed by atoms with Gasteiger partial charge < -0.3 is 29.4 Å². The van der Waals surface area contributed by atoms with Crippen LogP contribution in [0.3, 0.4) is 0 Å². The van der Waals surface area contributed by atoms with E-state index in [0.717, 1.165) is 5.56 Å². The summed E-state index contributed by atoms with van der Waals surface area (Å²) in [7, 11) is 1.52. The predicted molar refractivity (Wildman–Crippen MR) is 123 cm³/mol. The van der Waals surface area contributed by atoms with E-state index in [2.05, 4.69) is 22.0 Å². The van der Waals surface area contributed by atoms with E-state index < -0.39 is 5.92 Å². The van der Waals surface area contributed by atoms with Crippen LogP contribution in [0, 0.1) is 17.1 Å². The summed E-state index contributed by atoms with van der Waals surface area (Å²) < 4.78 is 42.4. The Kier molecular flexibility index (Phi) is 5.67. The smallest absolute Gasteiger partial charge is 0.231 e. The second-order valence-corrected chi connectivity index (χ2v) is 8.48. The summed E-state index contributed by atoms with van der Waals surface area (Å²) in [6.07, 6.45) is 0. The maximum Gasteiger partial charge on any atom is 0.231 e. The van der Waals surface area contributed by atoms with Crippen LogP contribution in [0.15, 0.2) is 64.5 Å². The van der Waals surface area contributed by atoms with Crippen LogP contribution < -0.4 is 29.4 Å². The molecule has 0 saturated heterocycles. The van der Waals surface area contributed by atoms with Crippen molar-refractivity contribution in [1.82, 2.24) is 0 Å². The van der Waals surface area contributed by atoms with Gasteiger partial charge in [0.05, 0.1) is 17.5 Å². The number of allylic oxidation sites excluding steroid dienone is 1. The molecule has 3 aromatic carbocycles. The minimum atomic E-state index is -0.536. The molecule has 0 aliphatic carbocycles. The van der Waals surface area contributed by atoms with E-state index in [0.29, 0.717) is 44.3 Å². The minimum absolute atomic E-state index is 0.0142. The van der Waals surface area contributed by atoms with Crippen LogP contribution >= 0.6 is 15.9 Å². The summed E-state index contributed by atoms with van der Waals surface area (Å²) in [5.41, 5.74) is 8.47. The highest BCUT2D eigenvalue weighted by atomic mass is 79.9. The number of fused-ring (bicyclic) bond motifs is 2. The number of nitrogens with zero attached hydrogens (tertiary/aromatic N) is 1. The summed E-state index contributed by atoms with van der Waals surface area (Å²) in [5.74, 6) is 1.61. The van der Waals surface area contributed by atoms with Gasteiger partial charge in [0.15, 0.2) is 23.0 Å². The third-order valence-electron chi connectivity index (χ3n) is 5.57. The topological polar surface area (TPSA) is 96.0 Å². The first-order valence-electron chi connectivity index (χ1n) is 10.2. The van der Waals surface area contributed by atoms with Crippen molar-refractivity contribution in [1.29, 1.82) is 5.26 Å². The molecule has 34 heavy (non-hydrogen) atoms. The molecular weight excluding hydrogens is 507 g/mol. The molecule has 5 rings (SSSR count). The van der Waals surface area contributed by atoms with Crippen molar-refractivity contribution in [3.8, 4) is 34.8 Å². The van der Waals surface area contributed by atoms with E-state index in [-0.39, 0.29) is 30.7 Å². The quantitative estimate of drug-likeness (QED) is 0.494.